The zero-order valence-corrected chi connectivity index (χ0v) is 15.0. The van der Waals surface area contributed by atoms with E-state index in [-0.39, 0.29) is 6.54 Å². The first-order valence-corrected chi connectivity index (χ1v) is 9.91. The number of alkyl halides is 2. The highest BCUT2D eigenvalue weighted by Gasteiger charge is 2.42. The number of urea groups is 1. The van der Waals surface area contributed by atoms with E-state index in [1.807, 2.05) is 0 Å². The van der Waals surface area contributed by atoms with Crippen LogP contribution in [-0.4, -0.2) is 44.1 Å². The number of piperidine rings is 1. The third-order valence-corrected chi connectivity index (χ3v) is 4.65. The maximum atomic E-state index is 13.9. The van der Waals surface area contributed by atoms with Gasteiger partial charge in [-0.25, -0.2) is 22.0 Å². The molecule has 1 unspecified atom stereocenters. The minimum absolute atomic E-state index is 0.0685. The summed E-state index contributed by atoms with van der Waals surface area (Å²) < 4.78 is 50.0. The van der Waals surface area contributed by atoms with Gasteiger partial charge in [-0.1, -0.05) is 36.4 Å². The summed E-state index contributed by atoms with van der Waals surface area (Å²) in [4.78, 5) is 13.9. The van der Waals surface area contributed by atoms with Crippen LogP contribution in [-0.2, 0) is 9.84 Å². The molecule has 1 aromatic rings. The first-order valence-electron chi connectivity index (χ1n) is 7.95. The highest BCUT2D eigenvalue weighted by atomic mass is 32.2. The van der Waals surface area contributed by atoms with Crippen molar-refractivity contribution in [1.82, 2.24) is 10.2 Å². The van der Waals surface area contributed by atoms with Crippen molar-refractivity contribution in [3.05, 3.63) is 47.4 Å². The summed E-state index contributed by atoms with van der Waals surface area (Å²) in [5, 5.41) is 3.65. The SMILES string of the molecule is CC(/C=C/S(C)(=O)=O)NC(=O)N1CCC(F)(F)C[C@H]1c1ccccc1. The number of rotatable bonds is 4. The standard InChI is InChI=1S/C17H22F2N2O3S/c1-13(8-11-25(2,23)24)20-16(22)21-10-9-17(18,19)12-15(21)14-6-4-3-5-7-14/h3-8,11,13,15H,9-10,12H2,1-2H3,(H,20,22)/b11-8+/t13?,15-/m0/s1. The van der Waals surface area contributed by atoms with Crippen molar-refractivity contribution in [3.63, 3.8) is 0 Å². The summed E-state index contributed by atoms with van der Waals surface area (Å²) in [7, 11) is -3.29. The van der Waals surface area contributed by atoms with Gasteiger partial charge in [0.2, 0.25) is 0 Å². The summed E-state index contributed by atoms with van der Waals surface area (Å²) in [5.41, 5.74) is 0.649. The van der Waals surface area contributed by atoms with Gasteiger partial charge >= 0.3 is 6.03 Å². The molecule has 8 heteroatoms. The van der Waals surface area contributed by atoms with Crippen LogP contribution in [0, 0.1) is 0 Å². The van der Waals surface area contributed by atoms with E-state index in [4.69, 9.17) is 0 Å². The molecule has 1 aliphatic rings. The highest BCUT2D eigenvalue weighted by Crippen LogP contribution is 2.39. The Labute approximate surface area is 146 Å². The molecule has 2 amide bonds. The number of benzene rings is 1. The fraction of sp³-hybridized carbons (Fsp3) is 0.471. The Hall–Kier alpha value is -1.96. The van der Waals surface area contributed by atoms with Crippen molar-refractivity contribution in [1.29, 1.82) is 0 Å². The highest BCUT2D eigenvalue weighted by molar-refractivity contribution is 7.93. The van der Waals surface area contributed by atoms with Crippen LogP contribution >= 0.6 is 0 Å². The quantitative estimate of drug-likeness (QED) is 0.883. The zero-order chi connectivity index (χ0) is 18.7. The van der Waals surface area contributed by atoms with Gasteiger partial charge in [0.05, 0.1) is 6.04 Å². The first kappa shape index (κ1) is 19.4. The maximum absolute atomic E-state index is 13.9. The second-order valence-corrected chi connectivity index (χ2v) is 8.26. The monoisotopic (exact) mass is 372 g/mol. The van der Waals surface area contributed by atoms with Gasteiger partial charge in [-0.2, -0.15) is 0 Å². The lowest BCUT2D eigenvalue weighted by Crippen LogP contribution is -2.50. The van der Waals surface area contributed by atoms with Crippen LogP contribution in [0.1, 0.15) is 31.4 Å². The van der Waals surface area contributed by atoms with Gasteiger partial charge in [0.15, 0.2) is 9.84 Å². The van der Waals surface area contributed by atoms with E-state index < -0.39 is 46.7 Å². The number of carbonyl (C=O) groups is 1. The number of likely N-dealkylation sites (tertiary alicyclic amines) is 1. The van der Waals surface area contributed by atoms with Crippen LogP contribution in [0.15, 0.2) is 41.8 Å². The van der Waals surface area contributed by atoms with Crippen molar-refractivity contribution < 1.29 is 22.0 Å². The molecule has 2 rings (SSSR count). The third-order valence-electron chi connectivity index (χ3n) is 4.00. The van der Waals surface area contributed by atoms with Gasteiger partial charge in [0, 0.05) is 37.1 Å². The van der Waals surface area contributed by atoms with Crippen LogP contribution in [0.5, 0.6) is 0 Å². The lowest BCUT2D eigenvalue weighted by Gasteiger charge is -2.39. The van der Waals surface area contributed by atoms with Gasteiger partial charge in [0.1, 0.15) is 0 Å². The molecule has 0 saturated carbocycles. The average molecular weight is 372 g/mol. The molecule has 0 spiro atoms. The van der Waals surface area contributed by atoms with Crippen LogP contribution in [0.2, 0.25) is 0 Å². The second-order valence-electron chi connectivity index (χ2n) is 6.33. The van der Waals surface area contributed by atoms with Crippen molar-refractivity contribution in [2.24, 2.45) is 0 Å². The number of nitrogens with zero attached hydrogens (tertiary/aromatic N) is 1. The predicted octanol–water partition coefficient (Wildman–Crippen LogP) is 3.12. The van der Waals surface area contributed by atoms with Gasteiger partial charge in [-0.15, -0.1) is 0 Å². The fourth-order valence-corrected chi connectivity index (χ4v) is 3.26. The molecular formula is C17H22F2N2O3S. The van der Waals surface area contributed by atoms with Crippen molar-refractivity contribution >= 4 is 15.9 Å². The average Bonchev–Trinajstić information content (AvgIpc) is 2.52. The topological polar surface area (TPSA) is 66.5 Å². The molecular weight excluding hydrogens is 350 g/mol. The lowest BCUT2D eigenvalue weighted by atomic mass is 9.93. The Bertz CT molecular complexity index is 736. The van der Waals surface area contributed by atoms with E-state index in [0.29, 0.717) is 5.56 Å². The Balaban J connectivity index is 2.14. The second kappa shape index (κ2) is 7.51. The molecule has 1 fully saturated rings. The number of carbonyl (C=O) groups excluding carboxylic acids is 1. The van der Waals surface area contributed by atoms with E-state index in [2.05, 4.69) is 5.32 Å². The molecule has 1 aliphatic heterocycles. The Morgan fingerprint density at radius 1 is 1.36 bits per heavy atom. The number of halogens is 2. The number of amides is 2. The van der Waals surface area contributed by atoms with Gasteiger partial charge in [-0.05, 0) is 12.5 Å². The molecule has 25 heavy (non-hydrogen) atoms. The number of sulfone groups is 1. The lowest BCUT2D eigenvalue weighted by molar-refractivity contribution is -0.0682. The largest absolute Gasteiger partial charge is 0.332 e. The number of nitrogens with one attached hydrogen (secondary N) is 1. The van der Waals surface area contributed by atoms with Gasteiger partial charge < -0.3 is 10.2 Å². The molecule has 0 aliphatic carbocycles. The third kappa shape index (κ3) is 5.81. The van der Waals surface area contributed by atoms with Crippen molar-refractivity contribution in [3.8, 4) is 0 Å². The smallest absolute Gasteiger partial charge is 0.318 e. The maximum Gasteiger partial charge on any atom is 0.318 e. The molecule has 138 valence electrons. The fourth-order valence-electron chi connectivity index (χ4n) is 2.74. The number of hydrogen-bond donors (Lipinski definition) is 1. The summed E-state index contributed by atoms with van der Waals surface area (Å²) in [6.07, 6.45) is 1.58. The van der Waals surface area contributed by atoms with E-state index in [1.165, 1.54) is 11.0 Å². The summed E-state index contributed by atoms with van der Waals surface area (Å²) in [6.45, 7) is 1.55. The summed E-state index contributed by atoms with van der Waals surface area (Å²) in [6, 6.07) is 6.96. The van der Waals surface area contributed by atoms with E-state index >= 15 is 0 Å². The van der Waals surface area contributed by atoms with Crippen molar-refractivity contribution in [2.75, 3.05) is 12.8 Å². The first-order chi connectivity index (χ1) is 11.6. The van der Waals surface area contributed by atoms with E-state index in [9.17, 15) is 22.0 Å². The molecule has 1 N–H and O–H groups in total. The van der Waals surface area contributed by atoms with Crippen LogP contribution in [0.3, 0.4) is 0 Å². The van der Waals surface area contributed by atoms with Gasteiger partial charge in [-0.3, -0.25) is 0 Å². The number of hydrogen-bond acceptors (Lipinski definition) is 3. The Morgan fingerprint density at radius 2 is 2.00 bits per heavy atom. The van der Waals surface area contributed by atoms with Crippen molar-refractivity contribution in [2.45, 2.75) is 37.8 Å². The molecule has 0 bridgehead atoms. The molecule has 0 aromatic heterocycles. The Morgan fingerprint density at radius 3 is 2.60 bits per heavy atom. The molecule has 5 nitrogen and oxygen atoms in total. The molecule has 1 saturated heterocycles. The van der Waals surface area contributed by atoms with Crippen LogP contribution < -0.4 is 5.32 Å². The van der Waals surface area contributed by atoms with Crippen LogP contribution in [0.4, 0.5) is 13.6 Å². The minimum atomic E-state index is -3.29. The summed E-state index contributed by atoms with van der Waals surface area (Å²) >= 11 is 0. The molecule has 1 aromatic carbocycles. The molecule has 2 atom stereocenters. The molecule has 0 radical (unpaired) electrons. The van der Waals surface area contributed by atoms with Gasteiger partial charge in [0.25, 0.3) is 5.92 Å². The van der Waals surface area contributed by atoms with E-state index in [1.54, 1.807) is 37.3 Å². The normalized spacial score (nSPS) is 21.9. The minimum Gasteiger partial charge on any atom is -0.332 e. The molecule has 1 heterocycles. The predicted molar refractivity (Wildman–Crippen MR) is 92.0 cm³/mol. The summed E-state index contributed by atoms with van der Waals surface area (Å²) in [5.74, 6) is -2.82. The van der Waals surface area contributed by atoms with E-state index in [0.717, 1.165) is 11.7 Å². The zero-order valence-electron chi connectivity index (χ0n) is 14.2. The van der Waals surface area contributed by atoms with Crippen LogP contribution in [0.25, 0.3) is 0 Å². The Kier molecular flexibility index (Phi) is 5.82.